The monoisotopic (exact) mass is 170 g/mol. The van der Waals surface area contributed by atoms with Gasteiger partial charge in [-0.15, -0.1) is 0 Å². The van der Waals surface area contributed by atoms with Crippen molar-refractivity contribution in [1.29, 1.82) is 0 Å². The van der Waals surface area contributed by atoms with Crippen LogP contribution in [0.2, 0.25) is 0 Å². The van der Waals surface area contributed by atoms with Gasteiger partial charge in [-0.1, -0.05) is 0 Å². The molecule has 0 saturated carbocycles. The molecule has 0 unspecified atom stereocenters. The molecule has 0 atom stereocenters. The lowest BCUT2D eigenvalue weighted by Gasteiger charge is -2.03. The van der Waals surface area contributed by atoms with Crippen molar-refractivity contribution in [2.75, 3.05) is 11.5 Å². The van der Waals surface area contributed by atoms with Gasteiger partial charge in [-0.05, 0) is 12.1 Å². The van der Waals surface area contributed by atoms with E-state index in [1.807, 2.05) is 0 Å². The van der Waals surface area contributed by atoms with Crippen molar-refractivity contribution in [3.63, 3.8) is 0 Å². The van der Waals surface area contributed by atoms with Gasteiger partial charge in [-0.3, -0.25) is 0 Å². The number of carboxylic acids is 1. The zero-order valence-electron chi connectivity index (χ0n) is 6.04. The van der Waals surface area contributed by atoms with E-state index in [1.165, 1.54) is 0 Å². The molecule has 5 heteroatoms. The summed E-state index contributed by atoms with van der Waals surface area (Å²) in [6.45, 7) is 0. The molecule has 1 aromatic rings. The van der Waals surface area contributed by atoms with Crippen LogP contribution in [-0.2, 0) is 0 Å². The Kier molecular flexibility index (Phi) is 1.86. The van der Waals surface area contributed by atoms with E-state index in [1.54, 1.807) is 0 Å². The van der Waals surface area contributed by atoms with E-state index < -0.39 is 11.8 Å². The van der Waals surface area contributed by atoms with Gasteiger partial charge in [0.2, 0.25) is 0 Å². The lowest BCUT2D eigenvalue weighted by Crippen LogP contribution is -2.07. The molecule has 0 fully saturated rings. The number of nitrogens with two attached hydrogens (primary N) is 2. The zero-order valence-corrected chi connectivity index (χ0v) is 6.04. The number of carboxylic acid groups (broad SMARTS) is 1. The molecule has 5 N–H and O–H groups in total. The number of halogens is 1. The molecule has 12 heavy (non-hydrogen) atoms. The third-order valence-corrected chi connectivity index (χ3v) is 1.38. The second-order valence-corrected chi connectivity index (χ2v) is 2.26. The van der Waals surface area contributed by atoms with Crippen molar-refractivity contribution in [1.82, 2.24) is 0 Å². The fourth-order valence-corrected chi connectivity index (χ4v) is 0.897. The van der Waals surface area contributed by atoms with E-state index in [0.29, 0.717) is 0 Å². The topological polar surface area (TPSA) is 89.3 Å². The molecular formula is C7H7FN2O2. The van der Waals surface area contributed by atoms with Crippen LogP contribution in [0.3, 0.4) is 0 Å². The molecular weight excluding hydrogens is 163 g/mol. The lowest BCUT2D eigenvalue weighted by atomic mass is 10.1. The molecule has 1 aromatic carbocycles. The number of benzene rings is 1. The normalized spacial score (nSPS) is 9.75. The summed E-state index contributed by atoms with van der Waals surface area (Å²) in [6, 6.07) is 1.83. The fraction of sp³-hybridized carbons (Fsp3) is 0. The molecule has 0 aromatic heterocycles. The third-order valence-electron chi connectivity index (χ3n) is 1.38. The first-order chi connectivity index (χ1) is 5.52. The number of hydrogen-bond donors (Lipinski definition) is 3. The maximum absolute atomic E-state index is 12.5. The summed E-state index contributed by atoms with van der Waals surface area (Å²) >= 11 is 0. The Morgan fingerprint density at radius 3 is 2.08 bits per heavy atom. The van der Waals surface area contributed by atoms with Gasteiger partial charge in [0, 0.05) is 0 Å². The molecule has 0 bridgehead atoms. The fourth-order valence-electron chi connectivity index (χ4n) is 0.897. The first-order valence-electron chi connectivity index (χ1n) is 3.10. The van der Waals surface area contributed by atoms with E-state index in [2.05, 4.69) is 0 Å². The SMILES string of the molecule is Nc1cc(F)cc(N)c1C(=O)O. The summed E-state index contributed by atoms with van der Waals surface area (Å²) in [5.74, 6) is -1.90. The predicted molar refractivity (Wildman–Crippen MR) is 42.2 cm³/mol. The van der Waals surface area contributed by atoms with Crippen LogP contribution in [0.4, 0.5) is 15.8 Å². The van der Waals surface area contributed by atoms with Crippen molar-refractivity contribution >= 4 is 17.3 Å². The molecule has 0 saturated heterocycles. The van der Waals surface area contributed by atoms with E-state index in [4.69, 9.17) is 16.6 Å². The summed E-state index contributed by atoms with van der Waals surface area (Å²) < 4.78 is 12.5. The van der Waals surface area contributed by atoms with E-state index in [9.17, 15) is 9.18 Å². The van der Waals surface area contributed by atoms with Crippen molar-refractivity contribution in [2.24, 2.45) is 0 Å². The van der Waals surface area contributed by atoms with Gasteiger partial charge in [0.1, 0.15) is 11.4 Å². The Bertz CT molecular complexity index is 315. The predicted octanol–water partition coefficient (Wildman–Crippen LogP) is 0.688. The maximum atomic E-state index is 12.5. The summed E-state index contributed by atoms with van der Waals surface area (Å²) in [5.41, 5.74) is 9.86. The summed E-state index contributed by atoms with van der Waals surface area (Å²) in [5, 5.41) is 8.55. The van der Waals surface area contributed by atoms with Crippen LogP contribution in [-0.4, -0.2) is 11.1 Å². The number of carbonyl (C=O) groups is 1. The van der Waals surface area contributed by atoms with Crippen molar-refractivity contribution in [2.45, 2.75) is 0 Å². The minimum Gasteiger partial charge on any atom is -0.478 e. The molecule has 0 heterocycles. The molecule has 1 rings (SSSR count). The van der Waals surface area contributed by atoms with Crippen LogP contribution in [0.1, 0.15) is 10.4 Å². The standard InChI is InChI=1S/C7H7FN2O2/c8-3-1-4(9)6(7(11)12)5(10)2-3/h1-2H,9-10H2,(H,11,12). The molecule has 0 amide bonds. The number of hydrogen-bond acceptors (Lipinski definition) is 3. The Balaban J connectivity index is 3.38. The first-order valence-corrected chi connectivity index (χ1v) is 3.10. The molecule has 0 aliphatic rings. The largest absolute Gasteiger partial charge is 0.478 e. The summed E-state index contributed by atoms with van der Waals surface area (Å²) in [4.78, 5) is 10.5. The number of aromatic carboxylic acids is 1. The maximum Gasteiger partial charge on any atom is 0.339 e. The second-order valence-electron chi connectivity index (χ2n) is 2.26. The van der Waals surface area contributed by atoms with Crippen LogP contribution in [0.25, 0.3) is 0 Å². The molecule has 4 nitrogen and oxygen atoms in total. The van der Waals surface area contributed by atoms with Crippen LogP contribution >= 0.6 is 0 Å². The Hall–Kier alpha value is -1.78. The molecule has 0 spiro atoms. The minimum absolute atomic E-state index is 0.167. The van der Waals surface area contributed by atoms with Crippen molar-refractivity contribution in [3.8, 4) is 0 Å². The Morgan fingerprint density at radius 2 is 1.75 bits per heavy atom. The Morgan fingerprint density at radius 1 is 1.33 bits per heavy atom. The molecule has 0 aliphatic heterocycles. The van der Waals surface area contributed by atoms with Crippen LogP contribution < -0.4 is 11.5 Å². The highest BCUT2D eigenvalue weighted by Crippen LogP contribution is 2.20. The van der Waals surface area contributed by atoms with Crippen LogP contribution in [0, 0.1) is 5.82 Å². The highest BCUT2D eigenvalue weighted by atomic mass is 19.1. The first kappa shape index (κ1) is 8.32. The smallest absolute Gasteiger partial charge is 0.339 e. The highest BCUT2D eigenvalue weighted by Gasteiger charge is 2.12. The van der Waals surface area contributed by atoms with Crippen molar-refractivity contribution < 1.29 is 14.3 Å². The quantitative estimate of drug-likeness (QED) is 0.541. The van der Waals surface area contributed by atoms with E-state index >= 15 is 0 Å². The Labute approximate surface area is 67.6 Å². The lowest BCUT2D eigenvalue weighted by molar-refractivity contribution is 0.0699. The van der Waals surface area contributed by atoms with Crippen LogP contribution in [0.5, 0.6) is 0 Å². The zero-order chi connectivity index (χ0) is 9.30. The molecule has 0 radical (unpaired) electrons. The summed E-state index contributed by atoms with van der Waals surface area (Å²) in [6.07, 6.45) is 0. The van der Waals surface area contributed by atoms with Gasteiger partial charge in [0.15, 0.2) is 0 Å². The number of anilines is 2. The highest BCUT2D eigenvalue weighted by molar-refractivity contribution is 5.99. The van der Waals surface area contributed by atoms with E-state index in [-0.39, 0.29) is 16.9 Å². The van der Waals surface area contributed by atoms with Gasteiger partial charge < -0.3 is 16.6 Å². The minimum atomic E-state index is -1.26. The average molecular weight is 170 g/mol. The molecule has 64 valence electrons. The van der Waals surface area contributed by atoms with Crippen LogP contribution in [0.15, 0.2) is 12.1 Å². The summed E-state index contributed by atoms with van der Waals surface area (Å²) in [7, 11) is 0. The van der Waals surface area contributed by atoms with E-state index in [0.717, 1.165) is 12.1 Å². The second kappa shape index (κ2) is 2.69. The number of rotatable bonds is 1. The average Bonchev–Trinajstić information content (AvgIpc) is 1.82. The third kappa shape index (κ3) is 1.29. The van der Waals surface area contributed by atoms with Gasteiger partial charge in [0.05, 0.1) is 11.4 Å². The van der Waals surface area contributed by atoms with Gasteiger partial charge in [-0.25, -0.2) is 9.18 Å². The van der Waals surface area contributed by atoms with Gasteiger partial charge in [0.25, 0.3) is 0 Å². The van der Waals surface area contributed by atoms with Gasteiger partial charge >= 0.3 is 5.97 Å². The van der Waals surface area contributed by atoms with Gasteiger partial charge in [-0.2, -0.15) is 0 Å². The molecule has 0 aliphatic carbocycles. The van der Waals surface area contributed by atoms with Crippen molar-refractivity contribution in [3.05, 3.63) is 23.5 Å². The number of nitrogen functional groups attached to an aromatic ring is 2.